The Balaban J connectivity index is 2.22. The van der Waals surface area contributed by atoms with Crippen LogP contribution in [0.3, 0.4) is 0 Å². The highest BCUT2D eigenvalue weighted by Crippen LogP contribution is 2.31. The fourth-order valence-electron chi connectivity index (χ4n) is 2.56. The van der Waals surface area contributed by atoms with Crippen LogP contribution in [0.25, 0.3) is 0 Å². The van der Waals surface area contributed by atoms with Crippen LogP contribution in [0, 0.1) is 4.64 Å². The Bertz CT molecular complexity index is 377. The minimum atomic E-state index is 0.570. The van der Waals surface area contributed by atoms with Crippen molar-refractivity contribution in [1.82, 2.24) is 9.88 Å². The molecule has 1 fully saturated rings. The van der Waals surface area contributed by atoms with E-state index in [1.54, 1.807) is 0 Å². The van der Waals surface area contributed by atoms with E-state index < -0.39 is 0 Å². The number of piperidine rings is 1. The fourth-order valence-corrected chi connectivity index (χ4v) is 2.69. The topological polar surface area (TPSA) is 19.0 Å². The fraction of sp³-hybridized carbons (Fsp3) is 0.615. The van der Waals surface area contributed by atoms with Crippen LogP contribution >= 0.6 is 12.2 Å². The first-order valence-electron chi connectivity index (χ1n) is 6.13. The predicted molar refractivity (Wildman–Crippen MR) is 70.1 cm³/mol. The molecule has 1 atom stereocenters. The summed E-state index contributed by atoms with van der Waals surface area (Å²) in [4.78, 5) is 5.74. The summed E-state index contributed by atoms with van der Waals surface area (Å²) in [6, 6.07) is 5.36. The third-order valence-corrected chi connectivity index (χ3v) is 3.65. The highest BCUT2D eigenvalue weighted by atomic mass is 32.1. The molecule has 0 aromatic carbocycles. The molecule has 3 heteroatoms. The summed E-state index contributed by atoms with van der Waals surface area (Å²) < 4.78 is 0.815. The molecule has 1 aromatic rings. The van der Waals surface area contributed by atoms with Crippen LogP contribution in [0.5, 0.6) is 0 Å². The van der Waals surface area contributed by atoms with Crippen LogP contribution in [0.4, 0.5) is 0 Å². The lowest BCUT2D eigenvalue weighted by Gasteiger charge is -2.38. The van der Waals surface area contributed by atoms with Gasteiger partial charge in [-0.1, -0.05) is 24.7 Å². The number of nitrogens with one attached hydrogen (secondary N) is 1. The van der Waals surface area contributed by atoms with Crippen molar-refractivity contribution < 1.29 is 0 Å². The van der Waals surface area contributed by atoms with Crippen molar-refractivity contribution in [2.75, 3.05) is 6.54 Å². The summed E-state index contributed by atoms with van der Waals surface area (Å²) in [6.45, 7) is 5.78. The molecule has 0 unspecified atom stereocenters. The Kier molecular flexibility index (Phi) is 3.77. The lowest BCUT2D eigenvalue weighted by molar-refractivity contribution is 0.112. The Morgan fingerprint density at radius 1 is 1.38 bits per heavy atom. The molecule has 2 heterocycles. The van der Waals surface area contributed by atoms with Crippen LogP contribution in [0.15, 0.2) is 18.3 Å². The monoisotopic (exact) mass is 236 g/mol. The maximum atomic E-state index is 5.08. The molecule has 2 rings (SSSR count). The van der Waals surface area contributed by atoms with Crippen LogP contribution in [0.1, 0.15) is 44.7 Å². The predicted octanol–water partition coefficient (Wildman–Crippen LogP) is 3.68. The van der Waals surface area contributed by atoms with Crippen molar-refractivity contribution in [3.8, 4) is 0 Å². The summed E-state index contributed by atoms with van der Waals surface area (Å²) in [5.41, 5.74) is 1.38. The van der Waals surface area contributed by atoms with Gasteiger partial charge in [0.15, 0.2) is 0 Å². The summed E-state index contributed by atoms with van der Waals surface area (Å²) in [5.74, 6) is 0. The zero-order valence-corrected chi connectivity index (χ0v) is 10.9. The molecule has 88 valence electrons. The molecule has 0 aliphatic carbocycles. The van der Waals surface area contributed by atoms with E-state index in [0.29, 0.717) is 12.1 Å². The van der Waals surface area contributed by atoms with Gasteiger partial charge in [-0.3, -0.25) is 4.90 Å². The molecule has 0 amide bonds. The smallest absolute Gasteiger partial charge is 0.103 e. The lowest BCUT2D eigenvalue weighted by Crippen LogP contribution is -2.38. The molecule has 16 heavy (non-hydrogen) atoms. The average molecular weight is 236 g/mol. The van der Waals surface area contributed by atoms with Crippen LogP contribution in [-0.2, 0) is 0 Å². The minimum absolute atomic E-state index is 0.570. The van der Waals surface area contributed by atoms with E-state index in [4.69, 9.17) is 12.2 Å². The standard InChI is InChI=1S/C13H20N2S/c1-10(2)15-8-4-3-5-12(15)11-6-7-13(16)14-9-11/h6-7,9-10,12H,3-5,8H2,1-2H3,(H,14,16)/t12-/m0/s1. The van der Waals surface area contributed by atoms with Gasteiger partial charge in [-0.05, 0) is 44.9 Å². The van der Waals surface area contributed by atoms with E-state index >= 15 is 0 Å². The number of likely N-dealkylation sites (tertiary alicyclic amines) is 1. The summed E-state index contributed by atoms with van der Waals surface area (Å²) in [6.07, 6.45) is 6.01. The van der Waals surface area contributed by atoms with Gasteiger partial charge >= 0.3 is 0 Å². The Labute approximate surface area is 103 Å². The number of hydrogen-bond acceptors (Lipinski definition) is 2. The van der Waals surface area contributed by atoms with Crippen LogP contribution in [0.2, 0.25) is 0 Å². The van der Waals surface area contributed by atoms with E-state index in [9.17, 15) is 0 Å². The van der Waals surface area contributed by atoms with E-state index in [1.807, 2.05) is 6.07 Å². The van der Waals surface area contributed by atoms with Crippen molar-refractivity contribution >= 4 is 12.2 Å². The highest BCUT2D eigenvalue weighted by molar-refractivity contribution is 7.71. The normalized spacial score (nSPS) is 22.6. The second-order valence-electron chi connectivity index (χ2n) is 4.83. The van der Waals surface area contributed by atoms with Gasteiger partial charge in [0.25, 0.3) is 0 Å². The van der Waals surface area contributed by atoms with E-state index in [1.165, 1.54) is 31.4 Å². The summed E-state index contributed by atoms with van der Waals surface area (Å²) in [5, 5.41) is 0. The van der Waals surface area contributed by atoms with Crippen molar-refractivity contribution in [3.63, 3.8) is 0 Å². The molecule has 0 bridgehead atoms. The summed E-state index contributed by atoms with van der Waals surface area (Å²) >= 11 is 5.08. The number of pyridine rings is 1. The first kappa shape index (κ1) is 11.8. The van der Waals surface area contributed by atoms with Gasteiger partial charge in [0, 0.05) is 18.3 Å². The minimum Gasteiger partial charge on any atom is -0.353 e. The second kappa shape index (κ2) is 5.11. The molecule has 1 N–H and O–H groups in total. The maximum absolute atomic E-state index is 5.08. The first-order valence-corrected chi connectivity index (χ1v) is 6.53. The molecule has 1 aliphatic heterocycles. The SMILES string of the molecule is CC(C)N1CCCC[C@H]1c1ccc(=S)[nH]c1. The van der Waals surface area contributed by atoms with E-state index in [2.05, 4.69) is 36.0 Å². The van der Waals surface area contributed by atoms with Gasteiger partial charge in [-0.15, -0.1) is 0 Å². The van der Waals surface area contributed by atoms with Crippen molar-refractivity contribution in [2.24, 2.45) is 0 Å². The third-order valence-electron chi connectivity index (χ3n) is 3.40. The van der Waals surface area contributed by atoms with E-state index in [-0.39, 0.29) is 0 Å². The van der Waals surface area contributed by atoms with Gasteiger partial charge in [-0.2, -0.15) is 0 Å². The summed E-state index contributed by atoms with van der Waals surface area (Å²) in [7, 11) is 0. The number of aromatic amines is 1. The maximum Gasteiger partial charge on any atom is 0.103 e. The molecule has 0 spiro atoms. The van der Waals surface area contributed by atoms with Crippen LogP contribution < -0.4 is 0 Å². The van der Waals surface area contributed by atoms with Gasteiger partial charge in [0.1, 0.15) is 4.64 Å². The van der Waals surface area contributed by atoms with Gasteiger partial charge in [0.2, 0.25) is 0 Å². The van der Waals surface area contributed by atoms with Gasteiger partial charge in [0.05, 0.1) is 0 Å². The molecule has 0 saturated carbocycles. The number of H-pyrrole nitrogens is 1. The van der Waals surface area contributed by atoms with Crippen molar-refractivity contribution in [2.45, 2.75) is 45.2 Å². The molecule has 1 saturated heterocycles. The van der Waals surface area contributed by atoms with Crippen LogP contribution in [-0.4, -0.2) is 22.5 Å². The average Bonchev–Trinajstić information content (AvgIpc) is 2.30. The van der Waals surface area contributed by atoms with Crippen molar-refractivity contribution in [3.05, 3.63) is 28.5 Å². The molecule has 1 aromatic heterocycles. The van der Waals surface area contributed by atoms with E-state index in [0.717, 1.165) is 4.64 Å². The molecule has 0 radical (unpaired) electrons. The lowest BCUT2D eigenvalue weighted by atomic mass is 9.95. The third kappa shape index (κ3) is 2.53. The number of aromatic nitrogens is 1. The molecule has 1 aliphatic rings. The number of nitrogens with zero attached hydrogens (tertiary/aromatic N) is 1. The van der Waals surface area contributed by atoms with Gasteiger partial charge in [-0.25, -0.2) is 0 Å². The quantitative estimate of drug-likeness (QED) is 0.790. The first-order chi connectivity index (χ1) is 7.68. The molecule has 2 nitrogen and oxygen atoms in total. The number of hydrogen-bond donors (Lipinski definition) is 1. The second-order valence-corrected chi connectivity index (χ2v) is 5.27. The zero-order chi connectivity index (χ0) is 11.5. The Hall–Kier alpha value is -0.670. The zero-order valence-electron chi connectivity index (χ0n) is 10.1. The molecular weight excluding hydrogens is 216 g/mol. The molecular formula is C13H20N2S. The number of rotatable bonds is 2. The highest BCUT2D eigenvalue weighted by Gasteiger charge is 2.25. The largest absolute Gasteiger partial charge is 0.353 e. The Morgan fingerprint density at radius 3 is 2.81 bits per heavy atom. The van der Waals surface area contributed by atoms with Gasteiger partial charge < -0.3 is 4.98 Å². The Morgan fingerprint density at radius 2 is 2.19 bits per heavy atom. The van der Waals surface area contributed by atoms with Crippen molar-refractivity contribution in [1.29, 1.82) is 0 Å².